The number of methoxy groups -OCH3 is 2. The number of amides is 2. The molecule has 0 spiro atoms. The summed E-state index contributed by atoms with van der Waals surface area (Å²) in [6.45, 7) is 1.88. The molecule has 1 aromatic heterocycles. The monoisotopic (exact) mass is 437 g/mol. The third-order valence-electron chi connectivity index (χ3n) is 4.79. The second-order valence-electron chi connectivity index (χ2n) is 6.53. The smallest absolute Gasteiger partial charge is 0.322 e. The molecule has 1 fully saturated rings. The molecule has 0 radical (unpaired) electrons. The summed E-state index contributed by atoms with van der Waals surface area (Å²) in [5.41, 5.74) is -0.425. The summed E-state index contributed by atoms with van der Waals surface area (Å²) in [7, 11) is 4.21. The molecule has 160 valence electrons. The van der Waals surface area contributed by atoms with E-state index in [1.54, 1.807) is 0 Å². The fraction of sp³-hybridized carbons (Fsp3) is 0.389. The van der Waals surface area contributed by atoms with Gasteiger partial charge in [-0.05, 0) is 25.5 Å². The Morgan fingerprint density at radius 1 is 1.17 bits per heavy atom. The van der Waals surface area contributed by atoms with E-state index in [1.807, 2.05) is 0 Å². The second-order valence-corrected chi connectivity index (χ2v) is 6.94. The zero-order valence-corrected chi connectivity index (χ0v) is 17.6. The molecule has 1 aliphatic rings. The summed E-state index contributed by atoms with van der Waals surface area (Å²) in [6, 6.07) is 3.06. The van der Waals surface area contributed by atoms with Crippen molar-refractivity contribution < 1.29 is 24.0 Å². The van der Waals surface area contributed by atoms with Crippen molar-refractivity contribution in [3.63, 3.8) is 0 Å². The summed E-state index contributed by atoms with van der Waals surface area (Å²) < 4.78 is 11.7. The highest BCUT2D eigenvalue weighted by Gasteiger charge is 2.39. The number of rotatable bonds is 5. The van der Waals surface area contributed by atoms with Crippen LogP contribution in [0.2, 0.25) is 5.02 Å². The average molecular weight is 438 g/mol. The Bertz CT molecular complexity index is 1040. The van der Waals surface area contributed by atoms with Crippen LogP contribution in [0, 0.1) is 17.0 Å². The molecule has 2 heterocycles. The van der Waals surface area contributed by atoms with Gasteiger partial charge in [0, 0.05) is 20.1 Å². The van der Waals surface area contributed by atoms with Gasteiger partial charge >= 0.3 is 5.69 Å². The van der Waals surface area contributed by atoms with E-state index in [-0.39, 0.29) is 52.2 Å². The van der Waals surface area contributed by atoms with Crippen LogP contribution in [0.5, 0.6) is 11.5 Å². The van der Waals surface area contributed by atoms with Crippen molar-refractivity contribution in [2.24, 2.45) is 7.05 Å². The van der Waals surface area contributed by atoms with Crippen LogP contribution in [-0.4, -0.2) is 63.8 Å². The van der Waals surface area contributed by atoms with Crippen molar-refractivity contribution in [2.75, 3.05) is 27.3 Å². The van der Waals surface area contributed by atoms with E-state index in [0.717, 1.165) is 4.68 Å². The van der Waals surface area contributed by atoms with Gasteiger partial charge in [-0.15, -0.1) is 0 Å². The Kier molecular flexibility index (Phi) is 5.83. The number of aryl methyl sites for hydroxylation is 2. The van der Waals surface area contributed by atoms with Gasteiger partial charge in [0.2, 0.25) is 5.69 Å². The number of carbonyl (C=O) groups excluding carboxylic acids is 2. The second kappa shape index (κ2) is 8.19. The van der Waals surface area contributed by atoms with Crippen LogP contribution in [0.15, 0.2) is 12.1 Å². The molecule has 30 heavy (non-hydrogen) atoms. The molecule has 1 saturated heterocycles. The van der Waals surface area contributed by atoms with E-state index < -0.39 is 16.7 Å². The first-order valence-electron chi connectivity index (χ1n) is 8.95. The largest absolute Gasteiger partial charge is 0.496 e. The number of hydrogen-bond donors (Lipinski definition) is 0. The fourth-order valence-corrected chi connectivity index (χ4v) is 3.74. The number of halogens is 1. The molecule has 0 aliphatic carbocycles. The predicted molar refractivity (Wildman–Crippen MR) is 106 cm³/mol. The normalized spacial score (nSPS) is 13.5. The number of ether oxygens (including phenoxy) is 2. The van der Waals surface area contributed by atoms with Gasteiger partial charge in [-0.3, -0.25) is 24.4 Å². The summed E-state index contributed by atoms with van der Waals surface area (Å²) in [6.07, 6.45) is 0.493. The Labute approximate surface area is 176 Å². The van der Waals surface area contributed by atoms with Gasteiger partial charge in [0.05, 0.1) is 24.2 Å². The first-order chi connectivity index (χ1) is 14.2. The summed E-state index contributed by atoms with van der Waals surface area (Å²) in [5, 5.41) is 18.0. The standard InChI is InChI=1S/C18H20ClN5O6/c1-10-14(24(27)28)15(21(2)20-10)18(26)23-9-5-8-22(23)17(25)13-12(29-3)7-6-11(19)16(13)30-4/h6-7H,5,8-9H2,1-4H3. The van der Waals surface area contributed by atoms with Gasteiger partial charge < -0.3 is 9.47 Å². The van der Waals surface area contributed by atoms with Gasteiger partial charge in [0.25, 0.3) is 11.8 Å². The molecule has 0 unspecified atom stereocenters. The molecule has 0 N–H and O–H groups in total. The quantitative estimate of drug-likeness (QED) is 0.519. The lowest BCUT2D eigenvalue weighted by molar-refractivity contribution is -0.385. The third kappa shape index (κ3) is 3.41. The average Bonchev–Trinajstić information content (AvgIpc) is 3.30. The highest BCUT2D eigenvalue weighted by atomic mass is 35.5. The lowest BCUT2D eigenvalue weighted by atomic mass is 10.1. The molecule has 12 heteroatoms. The first kappa shape index (κ1) is 21.4. The Balaban J connectivity index is 2.04. The number of nitro groups is 1. The minimum absolute atomic E-state index is 0.0582. The van der Waals surface area contributed by atoms with Crippen LogP contribution >= 0.6 is 11.6 Å². The lowest BCUT2D eigenvalue weighted by Crippen LogP contribution is -2.45. The van der Waals surface area contributed by atoms with E-state index in [1.165, 1.54) is 50.3 Å². The number of aromatic nitrogens is 2. The number of nitrogens with zero attached hydrogens (tertiary/aromatic N) is 5. The number of benzene rings is 1. The Morgan fingerprint density at radius 2 is 1.80 bits per heavy atom. The van der Waals surface area contributed by atoms with Gasteiger partial charge in [0.15, 0.2) is 5.75 Å². The van der Waals surface area contributed by atoms with Gasteiger partial charge in [-0.2, -0.15) is 5.10 Å². The highest BCUT2D eigenvalue weighted by molar-refractivity contribution is 6.32. The molecule has 1 aliphatic heterocycles. The third-order valence-corrected chi connectivity index (χ3v) is 5.08. The van der Waals surface area contributed by atoms with Gasteiger partial charge in [0.1, 0.15) is 17.0 Å². The lowest BCUT2D eigenvalue weighted by Gasteiger charge is -2.28. The highest BCUT2D eigenvalue weighted by Crippen LogP contribution is 2.37. The number of hydrogen-bond acceptors (Lipinski definition) is 7. The van der Waals surface area contributed by atoms with Gasteiger partial charge in [-0.1, -0.05) is 11.6 Å². The maximum Gasteiger partial charge on any atom is 0.322 e. The molecule has 2 amide bonds. The maximum absolute atomic E-state index is 13.4. The van der Waals surface area contributed by atoms with Crippen LogP contribution < -0.4 is 9.47 Å². The first-order valence-corrected chi connectivity index (χ1v) is 9.32. The van der Waals surface area contributed by atoms with Gasteiger partial charge in [-0.25, -0.2) is 10.0 Å². The van der Waals surface area contributed by atoms with E-state index in [0.29, 0.717) is 6.42 Å². The molecule has 3 rings (SSSR count). The zero-order valence-electron chi connectivity index (χ0n) is 16.8. The minimum Gasteiger partial charge on any atom is -0.496 e. The van der Waals surface area contributed by atoms with E-state index in [9.17, 15) is 19.7 Å². The molecule has 0 saturated carbocycles. The van der Waals surface area contributed by atoms with Crippen molar-refractivity contribution in [3.8, 4) is 11.5 Å². The maximum atomic E-state index is 13.4. The van der Waals surface area contributed by atoms with E-state index in [4.69, 9.17) is 21.1 Å². The van der Waals surface area contributed by atoms with E-state index in [2.05, 4.69) is 5.10 Å². The summed E-state index contributed by atoms with van der Waals surface area (Å²) in [5.74, 6) is -0.931. The van der Waals surface area contributed by atoms with Crippen molar-refractivity contribution >= 4 is 29.1 Å². The van der Waals surface area contributed by atoms with Crippen molar-refractivity contribution in [1.82, 2.24) is 19.8 Å². The minimum atomic E-state index is -0.699. The topological polar surface area (TPSA) is 120 Å². The Hall–Kier alpha value is -3.34. The summed E-state index contributed by atoms with van der Waals surface area (Å²) in [4.78, 5) is 37.4. The summed E-state index contributed by atoms with van der Waals surface area (Å²) >= 11 is 6.16. The molecule has 2 aromatic rings. The fourth-order valence-electron chi connectivity index (χ4n) is 3.50. The molecule has 1 aromatic carbocycles. The van der Waals surface area contributed by atoms with Crippen LogP contribution in [0.25, 0.3) is 0 Å². The van der Waals surface area contributed by atoms with Crippen LogP contribution in [0.4, 0.5) is 5.69 Å². The number of carbonyl (C=O) groups is 2. The SMILES string of the molecule is COc1ccc(Cl)c(OC)c1C(=O)N1CCCN1C(=O)c1c([N+](=O)[O-])c(C)nn1C. The van der Waals surface area contributed by atoms with Crippen molar-refractivity contribution in [2.45, 2.75) is 13.3 Å². The van der Waals surface area contributed by atoms with E-state index >= 15 is 0 Å². The molecular weight excluding hydrogens is 418 g/mol. The molecule has 0 atom stereocenters. The molecule has 0 bridgehead atoms. The molecule has 11 nitrogen and oxygen atoms in total. The predicted octanol–water partition coefficient (Wildman–Crippen LogP) is 2.21. The van der Waals surface area contributed by atoms with Crippen LogP contribution in [0.1, 0.15) is 33.0 Å². The van der Waals surface area contributed by atoms with Crippen LogP contribution in [-0.2, 0) is 7.05 Å². The number of hydrazine groups is 1. The van der Waals surface area contributed by atoms with Crippen LogP contribution in [0.3, 0.4) is 0 Å². The Morgan fingerprint density at radius 3 is 2.37 bits per heavy atom. The zero-order chi connectivity index (χ0) is 22.2. The van der Waals surface area contributed by atoms with Crippen molar-refractivity contribution in [3.05, 3.63) is 44.2 Å². The van der Waals surface area contributed by atoms with Crippen molar-refractivity contribution in [1.29, 1.82) is 0 Å². The molecular formula is C18H20ClN5O6.